The standard InChI is InChI=1S/C11H11FN2O3/c1-16-10-3-2-9(12)6-8(10)7-17-11(15)14-5-4-13/h2-3,6H,5,7H2,1H3,(H,14,15). The summed E-state index contributed by atoms with van der Waals surface area (Å²) in [6.45, 7) is -0.267. The quantitative estimate of drug-likeness (QED) is 0.808. The lowest BCUT2D eigenvalue weighted by Gasteiger charge is -2.09. The summed E-state index contributed by atoms with van der Waals surface area (Å²) in [7, 11) is 1.44. The van der Waals surface area contributed by atoms with E-state index < -0.39 is 11.9 Å². The third-order valence-corrected chi connectivity index (χ3v) is 1.91. The molecule has 0 unspecified atom stereocenters. The predicted molar refractivity (Wildman–Crippen MR) is 56.8 cm³/mol. The molecule has 0 aliphatic rings. The second kappa shape index (κ2) is 6.33. The molecule has 0 spiro atoms. The Morgan fingerprint density at radius 3 is 3.00 bits per heavy atom. The summed E-state index contributed by atoms with van der Waals surface area (Å²) in [5.74, 6) is -0.0127. The van der Waals surface area contributed by atoms with Crippen molar-refractivity contribution in [3.8, 4) is 11.8 Å². The Morgan fingerprint density at radius 2 is 2.35 bits per heavy atom. The van der Waals surface area contributed by atoms with E-state index >= 15 is 0 Å². The molecule has 0 heterocycles. The number of nitriles is 1. The van der Waals surface area contributed by atoms with Gasteiger partial charge in [-0.2, -0.15) is 5.26 Å². The Balaban J connectivity index is 2.59. The van der Waals surface area contributed by atoms with Gasteiger partial charge in [-0.15, -0.1) is 0 Å². The number of hydrogen-bond acceptors (Lipinski definition) is 4. The topological polar surface area (TPSA) is 71.3 Å². The number of carbonyl (C=O) groups is 1. The van der Waals surface area contributed by atoms with E-state index in [2.05, 4.69) is 5.32 Å². The van der Waals surface area contributed by atoms with Gasteiger partial charge in [-0.1, -0.05) is 0 Å². The minimum absolute atomic E-state index is 0.127. The van der Waals surface area contributed by atoms with E-state index in [9.17, 15) is 9.18 Å². The molecule has 0 radical (unpaired) electrons. The molecule has 1 aromatic carbocycles. The van der Waals surface area contributed by atoms with Gasteiger partial charge in [0.05, 0.1) is 13.2 Å². The maximum absolute atomic E-state index is 13.0. The lowest BCUT2D eigenvalue weighted by Crippen LogP contribution is -2.24. The van der Waals surface area contributed by atoms with Crippen LogP contribution in [0.4, 0.5) is 9.18 Å². The van der Waals surface area contributed by atoms with E-state index in [1.165, 1.54) is 25.3 Å². The number of halogens is 1. The second-order valence-corrected chi connectivity index (χ2v) is 3.04. The monoisotopic (exact) mass is 238 g/mol. The van der Waals surface area contributed by atoms with Gasteiger partial charge in [-0.3, -0.25) is 0 Å². The minimum atomic E-state index is -0.738. The molecule has 0 fully saturated rings. The van der Waals surface area contributed by atoms with Gasteiger partial charge in [0.15, 0.2) is 0 Å². The molecular weight excluding hydrogens is 227 g/mol. The number of methoxy groups -OCH3 is 1. The van der Waals surface area contributed by atoms with Crippen LogP contribution in [0.3, 0.4) is 0 Å². The maximum atomic E-state index is 13.0. The molecule has 17 heavy (non-hydrogen) atoms. The van der Waals surface area contributed by atoms with Crippen LogP contribution in [0.25, 0.3) is 0 Å². The normalized spacial score (nSPS) is 9.24. The van der Waals surface area contributed by atoms with Gasteiger partial charge in [-0.05, 0) is 18.2 Å². The van der Waals surface area contributed by atoms with Gasteiger partial charge in [0, 0.05) is 5.56 Å². The largest absolute Gasteiger partial charge is 0.496 e. The molecule has 5 nitrogen and oxygen atoms in total. The van der Waals surface area contributed by atoms with Crippen LogP contribution < -0.4 is 10.1 Å². The molecule has 0 aliphatic carbocycles. The lowest BCUT2D eigenvalue weighted by atomic mass is 10.2. The molecule has 1 N–H and O–H groups in total. The highest BCUT2D eigenvalue weighted by Crippen LogP contribution is 2.19. The Labute approximate surface area is 97.8 Å². The third kappa shape index (κ3) is 3.99. The number of hydrogen-bond donors (Lipinski definition) is 1. The summed E-state index contributed by atoms with van der Waals surface area (Å²) in [6, 6.07) is 5.64. The van der Waals surface area contributed by atoms with E-state index in [0.29, 0.717) is 11.3 Å². The van der Waals surface area contributed by atoms with Crippen molar-refractivity contribution in [2.75, 3.05) is 13.7 Å². The fraction of sp³-hybridized carbons (Fsp3) is 0.273. The first kappa shape index (κ1) is 12.8. The first-order valence-corrected chi connectivity index (χ1v) is 4.77. The Hall–Kier alpha value is -2.29. The van der Waals surface area contributed by atoms with Crippen molar-refractivity contribution in [1.29, 1.82) is 5.26 Å². The van der Waals surface area contributed by atoms with Crippen LogP contribution in [0, 0.1) is 17.1 Å². The van der Waals surface area contributed by atoms with Gasteiger partial charge in [0.1, 0.15) is 24.7 Å². The van der Waals surface area contributed by atoms with Crippen molar-refractivity contribution in [3.05, 3.63) is 29.6 Å². The highest BCUT2D eigenvalue weighted by atomic mass is 19.1. The Bertz CT molecular complexity index is 443. The van der Waals surface area contributed by atoms with Gasteiger partial charge < -0.3 is 14.8 Å². The molecule has 1 amide bonds. The molecule has 1 aromatic rings. The van der Waals surface area contributed by atoms with Gasteiger partial charge >= 0.3 is 6.09 Å². The van der Waals surface area contributed by atoms with E-state index in [1.54, 1.807) is 6.07 Å². The first-order valence-electron chi connectivity index (χ1n) is 4.77. The zero-order chi connectivity index (χ0) is 12.7. The van der Waals surface area contributed by atoms with Crippen molar-refractivity contribution < 1.29 is 18.7 Å². The SMILES string of the molecule is COc1ccc(F)cc1COC(=O)NCC#N. The van der Waals surface area contributed by atoms with Crippen molar-refractivity contribution >= 4 is 6.09 Å². The fourth-order valence-corrected chi connectivity index (χ4v) is 1.17. The molecule has 0 atom stereocenters. The average molecular weight is 238 g/mol. The number of nitrogens with zero attached hydrogens (tertiary/aromatic N) is 1. The van der Waals surface area contributed by atoms with E-state index in [0.717, 1.165) is 0 Å². The average Bonchev–Trinajstić information content (AvgIpc) is 2.34. The lowest BCUT2D eigenvalue weighted by molar-refractivity contribution is 0.139. The van der Waals surface area contributed by atoms with Crippen LogP contribution in [-0.2, 0) is 11.3 Å². The number of rotatable bonds is 4. The Kier molecular flexibility index (Phi) is 4.76. The van der Waals surface area contributed by atoms with Crippen LogP contribution in [0.5, 0.6) is 5.75 Å². The first-order chi connectivity index (χ1) is 8.17. The molecule has 6 heteroatoms. The number of benzene rings is 1. The van der Waals surface area contributed by atoms with Crippen molar-refractivity contribution in [2.24, 2.45) is 0 Å². The molecule has 90 valence electrons. The van der Waals surface area contributed by atoms with Gasteiger partial charge in [-0.25, -0.2) is 9.18 Å². The predicted octanol–water partition coefficient (Wildman–Crippen LogP) is 1.58. The number of nitrogens with one attached hydrogen (secondary N) is 1. The molecular formula is C11H11FN2O3. The van der Waals surface area contributed by atoms with Crippen LogP contribution in [0.2, 0.25) is 0 Å². The number of carbonyl (C=O) groups excluding carboxylic acids is 1. The summed E-state index contributed by atoms with van der Waals surface area (Å²) < 4.78 is 22.7. The smallest absolute Gasteiger partial charge is 0.408 e. The van der Waals surface area contributed by atoms with Crippen molar-refractivity contribution in [3.63, 3.8) is 0 Å². The highest BCUT2D eigenvalue weighted by molar-refractivity contribution is 5.67. The molecule has 0 aliphatic heterocycles. The summed E-state index contributed by atoms with van der Waals surface area (Å²) in [4.78, 5) is 11.0. The molecule has 0 saturated carbocycles. The summed E-state index contributed by atoms with van der Waals surface area (Å²) >= 11 is 0. The highest BCUT2D eigenvalue weighted by Gasteiger charge is 2.07. The van der Waals surface area contributed by atoms with E-state index in [1.807, 2.05) is 0 Å². The third-order valence-electron chi connectivity index (χ3n) is 1.91. The van der Waals surface area contributed by atoms with Gasteiger partial charge in [0.25, 0.3) is 0 Å². The number of amides is 1. The second-order valence-electron chi connectivity index (χ2n) is 3.04. The van der Waals surface area contributed by atoms with Crippen LogP contribution in [0.1, 0.15) is 5.56 Å². The van der Waals surface area contributed by atoms with Crippen molar-refractivity contribution in [2.45, 2.75) is 6.61 Å². The Morgan fingerprint density at radius 1 is 1.59 bits per heavy atom. The molecule has 0 aromatic heterocycles. The number of alkyl carbamates (subject to hydrolysis) is 1. The van der Waals surface area contributed by atoms with E-state index in [4.69, 9.17) is 14.7 Å². The van der Waals surface area contributed by atoms with Crippen molar-refractivity contribution in [1.82, 2.24) is 5.32 Å². The fourth-order valence-electron chi connectivity index (χ4n) is 1.17. The van der Waals surface area contributed by atoms with Gasteiger partial charge in [0.2, 0.25) is 0 Å². The minimum Gasteiger partial charge on any atom is -0.496 e. The summed E-state index contributed by atoms with van der Waals surface area (Å²) in [5.41, 5.74) is 0.416. The summed E-state index contributed by atoms with van der Waals surface area (Å²) in [6.07, 6.45) is -0.738. The number of ether oxygens (including phenoxy) is 2. The van der Waals surface area contributed by atoms with Crippen LogP contribution in [-0.4, -0.2) is 19.7 Å². The molecule has 0 bridgehead atoms. The van der Waals surface area contributed by atoms with E-state index in [-0.39, 0.29) is 13.2 Å². The zero-order valence-corrected chi connectivity index (χ0v) is 9.20. The zero-order valence-electron chi connectivity index (χ0n) is 9.20. The molecule has 0 saturated heterocycles. The van der Waals surface area contributed by atoms with Crippen LogP contribution >= 0.6 is 0 Å². The maximum Gasteiger partial charge on any atom is 0.408 e. The van der Waals surface area contributed by atoms with Crippen LogP contribution in [0.15, 0.2) is 18.2 Å². The summed E-state index contributed by atoms with van der Waals surface area (Å²) in [5, 5.41) is 10.4. The molecule has 1 rings (SSSR count).